The Labute approximate surface area is 167 Å². The van der Waals surface area contributed by atoms with E-state index in [2.05, 4.69) is 15.5 Å². The van der Waals surface area contributed by atoms with E-state index in [1.165, 1.54) is 6.21 Å². The molecule has 2 N–H and O–H groups in total. The van der Waals surface area contributed by atoms with Crippen molar-refractivity contribution in [3.05, 3.63) is 29.7 Å². The summed E-state index contributed by atoms with van der Waals surface area (Å²) in [6.45, 7) is 4.33. The van der Waals surface area contributed by atoms with Crippen LogP contribution >= 0.6 is 0 Å². The number of anilines is 1. The highest BCUT2D eigenvalue weighted by Crippen LogP contribution is 2.40. The summed E-state index contributed by atoms with van der Waals surface area (Å²) in [5, 5.41) is 15.1. The number of amides is 1. The average molecular weight is 397 g/mol. The lowest BCUT2D eigenvalue weighted by Gasteiger charge is -2.36. The van der Waals surface area contributed by atoms with Crippen LogP contribution in [0.15, 0.2) is 22.7 Å². The summed E-state index contributed by atoms with van der Waals surface area (Å²) in [6, 6.07) is 5.91. The van der Waals surface area contributed by atoms with E-state index in [4.69, 9.17) is 19.4 Å². The van der Waals surface area contributed by atoms with E-state index in [1.54, 1.807) is 4.90 Å². The molecular weight excluding hydrogens is 374 g/mol. The van der Waals surface area contributed by atoms with Gasteiger partial charge in [-0.05, 0) is 25.8 Å². The maximum absolute atomic E-state index is 12.1. The first-order valence-corrected chi connectivity index (χ1v) is 9.84. The Hall–Kier alpha value is -2.94. The zero-order valence-electron chi connectivity index (χ0n) is 16.2. The molecule has 0 atom stereocenters. The van der Waals surface area contributed by atoms with E-state index in [1.807, 2.05) is 25.1 Å². The largest absolute Gasteiger partial charge is 0.443 e. The first-order valence-electron chi connectivity index (χ1n) is 9.84. The summed E-state index contributed by atoms with van der Waals surface area (Å²) in [4.78, 5) is 18.3. The van der Waals surface area contributed by atoms with Crippen molar-refractivity contribution < 1.29 is 18.8 Å². The van der Waals surface area contributed by atoms with E-state index in [0.29, 0.717) is 38.0 Å². The molecule has 29 heavy (non-hydrogen) atoms. The van der Waals surface area contributed by atoms with Crippen LogP contribution in [0.2, 0.25) is 0 Å². The Kier molecular flexibility index (Phi) is 4.27. The van der Waals surface area contributed by atoms with Gasteiger partial charge in [0.1, 0.15) is 5.60 Å². The minimum Gasteiger partial charge on any atom is -0.443 e. The fourth-order valence-corrected chi connectivity index (χ4v) is 3.34. The minimum atomic E-state index is -0.265. The monoisotopic (exact) mass is 397 g/mol. The molecule has 0 radical (unpaired) electrons. The third-order valence-corrected chi connectivity index (χ3v) is 5.68. The van der Waals surface area contributed by atoms with Crippen molar-refractivity contribution in [2.75, 3.05) is 31.6 Å². The molecule has 3 heterocycles. The van der Waals surface area contributed by atoms with Crippen LogP contribution in [0.4, 0.5) is 10.5 Å². The van der Waals surface area contributed by atoms with Crippen molar-refractivity contribution in [2.45, 2.75) is 37.3 Å². The van der Waals surface area contributed by atoms with Gasteiger partial charge < -0.3 is 29.6 Å². The average Bonchev–Trinajstić information content (AvgIpc) is 3.15. The maximum Gasteiger partial charge on any atom is 0.410 e. The van der Waals surface area contributed by atoms with Crippen LogP contribution in [0.5, 0.6) is 0 Å². The topological polar surface area (TPSA) is 114 Å². The van der Waals surface area contributed by atoms with Crippen molar-refractivity contribution in [3.8, 4) is 11.4 Å². The van der Waals surface area contributed by atoms with E-state index in [9.17, 15) is 4.79 Å². The predicted molar refractivity (Wildman–Crippen MR) is 104 cm³/mol. The molecule has 2 saturated heterocycles. The molecule has 1 saturated carbocycles. The Bertz CT molecular complexity index is 944. The van der Waals surface area contributed by atoms with Crippen LogP contribution in [0, 0.1) is 5.41 Å². The first kappa shape index (κ1) is 18.1. The smallest absolute Gasteiger partial charge is 0.410 e. The van der Waals surface area contributed by atoms with E-state index >= 15 is 0 Å². The predicted octanol–water partition coefficient (Wildman–Crippen LogP) is 2.63. The molecule has 0 spiro atoms. The molecule has 2 aromatic rings. The molecular formula is C20H23N5O4. The van der Waals surface area contributed by atoms with Crippen molar-refractivity contribution >= 4 is 18.0 Å². The highest BCUT2D eigenvalue weighted by atomic mass is 16.6. The molecule has 2 aliphatic heterocycles. The van der Waals surface area contributed by atoms with E-state index in [0.717, 1.165) is 29.7 Å². The van der Waals surface area contributed by atoms with Crippen molar-refractivity contribution in [1.82, 2.24) is 15.0 Å². The number of carbonyl (C=O) groups is 1. The summed E-state index contributed by atoms with van der Waals surface area (Å²) in [5.74, 6) is 1.05. The molecule has 1 amide bonds. The van der Waals surface area contributed by atoms with Gasteiger partial charge >= 0.3 is 6.09 Å². The highest BCUT2D eigenvalue weighted by Gasteiger charge is 2.45. The molecule has 3 aliphatic rings. The molecule has 5 rings (SSSR count). The second-order valence-electron chi connectivity index (χ2n) is 8.20. The van der Waals surface area contributed by atoms with Gasteiger partial charge in [0.2, 0.25) is 11.7 Å². The second kappa shape index (κ2) is 6.84. The summed E-state index contributed by atoms with van der Waals surface area (Å²) in [5.41, 5.74) is 2.19. The summed E-state index contributed by atoms with van der Waals surface area (Å²) in [6.07, 6.45) is 2.92. The van der Waals surface area contributed by atoms with Gasteiger partial charge in [-0.25, -0.2) is 4.79 Å². The van der Waals surface area contributed by atoms with Gasteiger partial charge in [0, 0.05) is 36.1 Å². The lowest BCUT2D eigenvalue weighted by molar-refractivity contribution is 0.0211. The number of likely N-dealkylation sites (tertiary alicyclic amines) is 1. The number of aromatic nitrogens is 2. The van der Waals surface area contributed by atoms with Crippen LogP contribution in [0.1, 0.15) is 37.1 Å². The van der Waals surface area contributed by atoms with Crippen LogP contribution in [-0.2, 0) is 9.47 Å². The Morgan fingerprint density at radius 2 is 2.17 bits per heavy atom. The quantitative estimate of drug-likeness (QED) is 0.720. The molecule has 9 nitrogen and oxygen atoms in total. The number of carbonyl (C=O) groups excluding carboxylic acids is 1. The SMILES string of the molecule is CC1(OC(=O)N2CC(c3nc(-c4ccc(C=N)c(NC5COC5)c4)no3)C2)CC1. The number of ether oxygens (including phenoxy) is 2. The van der Waals surface area contributed by atoms with Gasteiger partial charge in [-0.1, -0.05) is 17.3 Å². The lowest BCUT2D eigenvalue weighted by Crippen LogP contribution is -2.49. The molecule has 152 valence electrons. The van der Waals surface area contributed by atoms with Gasteiger partial charge in [0.25, 0.3) is 0 Å². The lowest BCUT2D eigenvalue weighted by atomic mass is 10.0. The summed E-state index contributed by atoms with van der Waals surface area (Å²) >= 11 is 0. The van der Waals surface area contributed by atoms with Gasteiger partial charge in [-0.2, -0.15) is 4.98 Å². The Morgan fingerprint density at radius 1 is 1.38 bits per heavy atom. The van der Waals surface area contributed by atoms with E-state index < -0.39 is 0 Å². The van der Waals surface area contributed by atoms with Crippen LogP contribution in [-0.4, -0.2) is 65.3 Å². The number of benzene rings is 1. The number of nitrogens with zero attached hydrogens (tertiary/aromatic N) is 3. The fourth-order valence-electron chi connectivity index (χ4n) is 3.34. The zero-order valence-corrected chi connectivity index (χ0v) is 16.2. The molecule has 1 aromatic heterocycles. The molecule has 1 aromatic carbocycles. The van der Waals surface area contributed by atoms with Crippen molar-refractivity contribution in [2.24, 2.45) is 0 Å². The summed E-state index contributed by atoms with van der Waals surface area (Å²) in [7, 11) is 0. The van der Waals surface area contributed by atoms with Gasteiger partial charge in [-0.15, -0.1) is 0 Å². The molecule has 1 aliphatic carbocycles. The molecule has 0 unspecified atom stereocenters. The van der Waals surface area contributed by atoms with Crippen LogP contribution in [0.25, 0.3) is 11.4 Å². The van der Waals surface area contributed by atoms with E-state index in [-0.39, 0.29) is 23.7 Å². The van der Waals surface area contributed by atoms with Crippen molar-refractivity contribution in [3.63, 3.8) is 0 Å². The minimum absolute atomic E-state index is 0.0291. The number of hydrogen-bond donors (Lipinski definition) is 2. The van der Waals surface area contributed by atoms with Crippen LogP contribution < -0.4 is 5.32 Å². The third-order valence-electron chi connectivity index (χ3n) is 5.68. The highest BCUT2D eigenvalue weighted by molar-refractivity contribution is 5.87. The number of nitrogens with one attached hydrogen (secondary N) is 2. The Balaban J connectivity index is 1.25. The maximum atomic E-state index is 12.1. The van der Waals surface area contributed by atoms with Gasteiger partial charge in [0.05, 0.1) is 25.2 Å². The normalized spacial score (nSPS) is 20.5. The number of hydrogen-bond acceptors (Lipinski definition) is 8. The molecule has 0 bridgehead atoms. The summed E-state index contributed by atoms with van der Waals surface area (Å²) < 4.78 is 16.1. The van der Waals surface area contributed by atoms with Gasteiger partial charge in [0.15, 0.2) is 0 Å². The first-order chi connectivity index (χ1) is 14.0. The van der Waals surface area contributed by atoms with Crippen LogP contribution in [0.3, 0.4) is 0 Å². The van der Waals surface area contributed by atoms with Crippen molar-refractivity contribution in [1.29, 1.82) is 5.41 Å². The molecule has 3 fully saturated rings. The second-order valence-corrected chi connectivity index (χ2v) is 8.20. The zero-order chi connectivity index (χ0) is 20.0. The molecule has 9 heteroatoms. The third kappa shape index (κ3) is 3.57. The standard InChI is InChI=1S/C20H23N5O4/c1-20(4-5-20)28-19(26)25-8-14(9-25)18-23-17(24-29-18)12-2-3-13(7-21)16(6-12)22-15-10-27-11-15/h2-3,6-7,14-15,21-22H,4-5,8-11H2,1H3. The van der Waals surface area contributed by atoms with Gasteiger partial charge in [-0.3, -0.25) is 0 Å². The fraction of sp³-hybridized carbons (Fsp3) is 0.500. The number of rotatable bonds is 6. The Morgan fingerprint density at radius 3 is 2.83 bits per heavy atom.